The average Bonchev–Trinajstić information content (AvgIpc) is 3.12. The van der Waals surface area contributed by atoms with Crippen molar-refractivity contribution < 1.29 is 4.74 Å². The number of rotatable bonds is 6. The molecule has 2 aliphatic rings. The molecule has 0 aliphatic carbocycles. The molecule has 2 aliphatic heterocycles. The van der Waals surface area contributed by atoms with Crippen molar-refractivity contribution in [1.29, 1.82) is 0 Å². The first-order chi connectivity index (χ1) is 23.8. The van der Waals surface area contributed by atoms with Gasteiger partial charge in [-0.1, -0.05) is 126 Å². The predicted molar refractivity (Wildman–Crippen MR) is 209 cm³/mol. The van der Waals surface area contributed by atoms with E-state index in [1.54, 1.807) is 0 Å². The van der Waals surface area contributed by atoms with Gasteiger partial charge in [0.1, 0.15) is 11.5 Å². The summed E-state index contributed by atoms with van der Waals surface area (Å²) in [6.07, 6.45) is 0. The number of hydrogen-bond acceptors (Lipinski definition) is 3. The minimum Gasteiger partial charge on any atom is -0.458 e. The van der Waals surface area contributed by atoms with E-state index in [4.69, 9.17) is 4.74 Å². The lowest BCUT2D eigenvalue weighted by Gasteiger charge is -2.40. The van der Waals surface area contributed by atoms with Gasteiger partial charge in [-0.05, 0) is 93.9 Å². The lowest BCUT2D eigenvalue weighted by Crippen LogP contribution is -2.57. The van der Waals surface area contributed by atoms with E-state index in [1.165, 1.54) is 33.1 Å². The highest BCUT2D eigenvalue weighted by molar-refractivity contribution is 6.97. The maximum atomic E-state index is 6.85. The zero-order valence-corrected chi connectivity index (χ0v) is 29.3. The van der Waals surface area contributed by atoms with Gasteiger partial charge in [-0.25, -0.2) is 0 Å². The van der Waals surface area contributed by atoms with Crippen molar-refractivity contribution in [3.63, 3.8) is 0 Å². The molecule has 2 heterocycles. The molecule has 0 saturated heterocycles. The van der Waals surface area contributed by atoms with Crippen LogP contribution in [0.4, 0.5) is 34.1 Å². The van der Waals surface area contributed by atoms with Gasteiger partial charge in [0.05, 0.1) is 22.7 Å². The third-order valence-electron chi connectivity index (χ3n) is 10.2. The summed E-state index contributed by atoms with van der Waals surface area (Å²) in [5, 5.41) is 0. The summed E-state index contributed by atoms with van der Waals surface area (Å²) in [5.41, 5.74) is 14.9. The van der Waals surface area contributed by atoms with E-state index in [0.717, 1.165) is 45.6 Å². The number of fused-ring (bicyclic) bond motifs is 4. The van der Waals surface area contributed by atoms with Crippen LogP contribution in [-0.2, 0) is 0 Å². The van der Waals surface area contributed by atoms with E-state index in [0.29, 0.717) is 17.8 Å². The first kappa shape index (κ1) is 31.1. The van der Waals surface area contributed by atoms with E-state index in [-0.39, 0.29) is 6.71 Å². The Labute approximate surface area is 291 Å². The third kappa shape index (κ3) is 5.22. The van der Waals surface area contributed by atoms with Gasteiger partial charge in [0.15, 0.2) is 0 Å². The van der Waals surface area contributed by atoms with Crippen molar-refractivity contribution >= 4 is 57.2 Å². The summed E-state index contributed by atoms with van der Waals surface area (Å²) < 4.78 is 6.85. The van der Waals surface area contributed by atoms with E-state index < -0.39 is 0 Å². The molecule has 0 saturated carbocycles. The molecular weight excluding hydrogens is 595 g/mol. The van der Waals surface area contributed by atoms with E-state index >= 15 is 0 Å². The molecule has 0 N–H and O–H groups in total. The highest BCUT2D eigenvalue weighted by Gasteiger charge is 2.38. The summed E-state index contributed by atoms with van der Waals surface area (Å²) in [4.78, 5) is 4.75. The fraction of sp³-hybridized carbons (Fsp3) is 0.200. The van der Waals surface area contributed by atoms with Crippen molar-refractivity contribution in [2.45, 2.75) is 59.3 Å². The molecule has 49 heavy (non-hydrogen) atoms. The van der Waals surface area contributed by atoms with Crippen molar-refractivity contribution in [3.05, 3.63) is 150 Å². The second-order valence-corrected chi connectivity index (χ2v) is 14.4. The Bertz CT molecular complexity index is 2090. The Morgan fingerprint density at radius 2 is 0.939 bits per heavy atom. The summed E-state index contributed by atoms with van der Waals surface area (Å²) in [7, 11) is 0. The maximum absolute atomic E-state index is 6.85. The van der Waals surface area contributed by atoms with Crippen LogP contribution in [0, 0.1) is 0 Å². The van der Waals surface area contributed by atoms with Crippen LogP contribution in [0.2, 0.25) is 0 Å². The van der Waals surface area contributed by atoms with Gasteiger partial charge in [0, 0.05) is 17.4 Å². The molecule has 0 spiro atoms. The smallest absolute Gasteiger partial charge is 0.251 e. The molecule has 0 bridgehead atoms. The van der Waals surface area contributed by atoms with Crippen molar-refractivity contribution in [2.24, 2.45) is 0 Å². The van der Waals surface area contributed by atoms with Gasteiger partial charge in [0.2, 0.25) is 0 Å². The zero-order valence-electron chi connectivity index (χ0n) is 29.3. The van der Waals surface area contributed by atoms with Gasteiger partial charge >= 0.3 is 0 Å². The number of ether oxygens (including phenoxy) is 1. The van der Waals surface area contributed by atoms with E-state index in [1.807, 2.05) is 0 Å². The van der Waals surface area contributed by atoms with Crippen LogP contribution in [0.15, 0.2) is 133 Å². The molecule has 0 atom stereocenters. The molecule has 242 valence electrons. The Hall–Kier alpha value is -5.22. The molecule has 4 heteroatoms. The summed E-state index contributed by atoms with van der Waals surface area (Å²) in [6, 6.07) is 48.5. The number of anilines is 6. The van der Waals surface area contributed by atoms with Crippen molar-refractivity contribution in [3.8, 4) is 11.5 Å². The summed E-state index contributed by atoms with van der Waals surface area (Å²) in [6.45, 7) is 14.0. The Balaban J connectivity index is 1.33. The van der Waals surface area contributed by atoms with Crippen LogP contribution in [0.25, 0.3) is 0 Å². The topological polar surface area (TPSA) is 15.7 Å². The lowest BCUT2D eigenvalue weighted by molar-refractivity contribution is 0.487. The largest absolute Gasteiger partial charge is 0.458 e. The van der Waals surface area contributed by atoms with Crippen LogP contribution in [0.1, 0.15) is 76.0 Å². The molecule has 8 rings (SSSR count). The van der Waals surface area contributed by atoms with Gasteiger partial charge in [0.25, 0.3) is 6.71 Å². The van der Waals surface area contributed by atoms with E-state index in [2.05, 4.69) is 185 Å². The zero-order chi connectivity index (χ0) is 33.8. The Morgan fingerprint density at radius 1 is 0.449 bits per heavy atom. The second kappa shape index (κ2) is 12.3. The van der Waals surface area contributed by atoms with Crippen molar-refractivity contribution in [1.82, 2.24) is 0 Å². The maximum Gasteiger partial charge on any atom is 0.251 e. The molecule has 0 aromatic heterocycles. The summed E-state index contributed by atoms with van der Waals surface area (Å²) >= 11 is 0. The Morgan fingerprint density at radius 3 is 1.49 bits per heavy atom. The highest BCUT2D eigenvalue weighted by atomic mass is 16.5. The van der Waals surface area contributed by atoms with Crippen LogP contribution in [-0.4, -0.2) is 6.71 Å². The molecule has 0 amide bonds. The molecule has 6 aromatic carbocycles. The molecule has 0 fully saturated rings. The fourth-order valence-electron chi connectivity index (χ4n) is 7.82. The molecule has 3 nitrogen and oxygen atoms in total. The normalized spacial score (nSPS) is 13.3. The quantitative estimate of drug-likeness (QED) is 0.169. The van der Waals surface area contributed by atoms with Crippen LogP contribution in [0.5, 0.6) is 11.5 Å². The van der Waals surface area contributed by atoms with Crippen LogP contribution in [0.3, 0.4) is 0 Å². The SMILES string of the molecule is CC(C)c1cc(C(C)C)c(B2c3ccccc3Oc3cc(N4c5ccccc5N(c5ccccc5)c5ccccc54)ccc32)c(C(C)C)c1. The molecular formula is C45H43BN2O. The molecule has 0 unspecified atom stereocenters. The van der Waals surface area contributed by atoms with Gasteiger partial charge < -0.3 is 14.5 Å². The number of nitrogens with zero attached hydrogens (tertiary/aromatic N) is 2. The van der Waals surface area contributed by atoms with Crippen LogP contribution < -0.4 is 30.9 Å². The molecule has 6 aromatic rings. The first-order valence-corrected chi connectivity index (χ1v) is 17.7. The predicted octanol–water partition coefficient (Wildman–Crippen LogP) is 10.9. The minimum absolute atomic E-state index is 0.0690. The fourth-order valence-corrected chi connectivity index (χ4v) is 7.82. The molecule has 0 radical (unpaired) electrons. The van der Waals surface area contributed by atoms with E-state index in [9.17, 15) is 0 Å². The van der Waals surface area contributed by atoms with Gasteiger partial charge in [-0.15, -0.1) is 0 Å². The standard InChI is InChI=1S/C45H43BN2O/c1-29(2)32-26-35(30(3)4)45(36(27-32)31(5)6)46-37-18-10-15-23-43(37)49-44-28-34(24-25-38(44)46)48-41-21-13-11-19-39(41)47(33-16-8-7-9-17-33)40-20-12-14-22-42(40)48/h7-31H,1-6H3. The lowest BCUT2D eigenvalue weighted by atomic mass is 9.34. The minimum atomic E-state index is 0.0690. The summed E-state index contributed by atoms with van der Waals surface area (Å²) in [5.74, 6) is 3.09. The number of para-hydroxylation sites is 6. The number of benzene rings is 6. The van der Waals surface area contributed by atoms with Gasteiger partial charge in [-0.3, -0.25) is 0 Å². The number of hydrogen-bond donors (Lipinski definition) is 0. The average molecular weight is 639 g/mol. The van der Waals surface area contributed by atoms with Crippen molar-refractivity contribution in [2.75, 3.05) is 9.80 Å². The van der Waals surface area contributed by atoms with Gasteiger partial charge in [-0.2, -0.15) is 0 Å². The highest BCUT2D eigenvalue weighted by Crippen LogP contribution is 2.54. The Kier molecular flexibility index (Phi) is 7.83. The monoisotopic (exact) mass is 638 g/mol. The third-order valence-corrected chi connectivity index (χ3v) is 10.2. The van der Waals surface area contributed by atoms with Crippen LogP contribution >= 0.6 is 0 Å². The first-order valence-electron chi connectivity index (χ1n) is 17.7. The second-order valence-electron chi connectivity index (χ2n) is 14.4.